The van der Waals surface area contributed by atoms with E-state index in [2.05, 4.69) is 37.6 Å². The summed E-state index contributed by atoms with van der Waals surface area (Å²) in [4.78, 5) is 2.09. The van der Waals surface area contributed by atoms with Gasteiger partial charge in [-0.25, -0.2) is 0 Å². The van der Waals surface area contributed by atoms with Gasteiger partial charge in [0.25, 0.3) is 0 Å². The fraction of sp³-hybridized carbons (Fsp3) is 0.333. The molecule has 0 aromatic carbocycles. The summed E-state index contributed by atoms with van der Waals surface area (Å²) in [6, 6.07) is 0. The van der Waals surface area contributed by atoms with E-state index in [-0.39, 0.29) is 0 Å². The van der Waals surface area contributed by atoms with E-state index in [9.17, 15) is 0 Å². The third-order valence-corrected chi connectivity index (χ3v) is 1.51. The second-order valence-electron chi connectivity index (χ2n) is 2.72. The van der Waals surface area contributed by atoms with Gasteiger partial charge in [0.1, 0.15) is 0 Å². The molecule has 10 heavy (non-hydrogen) atoms. The monoisotopic (exact) mass is 135 g/mol. The van der Waals surface area contributed by atoms with Gasteiger partial charge in [-0.3, -0.25) is 0 Å². The van der Waals surface area contributed by atoms with E-state index in [0.717, 1.165) is 6.54 Å². The van der Waals surface area contributed by atoms with Crippen LogP contribution in [0.25, 0.3) is 0 Å². The molecule has 0 aliphatic carbocycles. The maximum Gasteiger partial charge on any atom is 0.0430 e. The summed E-state index contributed by atoms with van der Waals surface area (Å²) in [6.45, 7) is 8.92. The molecule has 0 bridgehead atoms. The smallest absolute Gasteiger partial charge is 0.0430 e. The number of hydrogen-bond donors (Lipinski definition) is 0. The Balaban J connectivity index is 2.76. The van der Waals surface area contributed by atoms with Crippen LogP contribution < -0.4 is 0 Å². The molecule has 0 atom stereocenters. The lowest BCUT2D eigenvalue weighted by Gasteiger charge is -2.20. The summed E-state index contributed by atoms with van der Waals surface area (Å²) < 4.78 is 0. The Kier molecular flexibility index (Phi) is 1.95. The first kappa shape index (κ1) is 7.13. The predicted octanol–water partition coefficient (Wildman–Crippen LogP) is 2.30. The van der Waals surface area contributed by atoms with Gasteiger partial charge in [0.15, 0.2) is 0 Å². The summed E-state index contributed by atoms with van der Waals surface area (Å²) in [6.07, 6.45) is 6.14. The fourth-order valence-corrected chi connectivity index (χ4v) is 1.18. The predicted molar refractivity (Wildman–Crippen MR) is 44.4 cm³/mol. The lowest BCUT2D eigenvalue weighted by atomic mass is 10.1. The van der Waals surface area contributed by atoms with Crippen LogP contribution in [-0.4, -0.2) is 11.4 Å². The summed E-state index contributed by atoms with van der Waals surface area (Å²) in [5.41, 5.74) is 2.68. The molecule has 0 saturated carbocycles. The van der Waals surface area contributed by atoms with Gasteiger partial charge in [0.2, 0.25) is 0 Å². The molecule has 1 aliphatic rings. The largest absolute Gasteiger partial charge is 0.351 e. The number of nitrogens with zero attached hydrogens (tertiary/aromatic N) is 1. The number of hydrogen-bond acceptors (Lipinski definition) is 1. The third-order valence-electron chi connectivity index (χ3n) is 1.51. The summed E-state index contributed by atoms with van der Waals surface area (Å²) in [5, 5.41) is 0. The Labute approximate surface area is 62.3 Å². The molecule has 1 heteroatoms. The van der Waals surface area contributed by atoms with Crippen molar-refractivity contribution < 1.29 is 0 Å². The summed E-state index contributed by atoms with van der Waals surface area (Å²) in [7, 11) is 0. The highest BCUT2D eigenvalue weighted by Gasteiger charge is 2.01. The minimum Gasteiger partial charge on any atom is -0.351 e. The highest BCUT2D eigenvalue weighted by atomic mass is 15.1. The van der Waals surface area contributed by atoms with E-state index >= 15 is 0 Å². The van der Waals surface area contributed by atoms with Crippen molar-refractivity contribution in [3.63, 3.8) is 0 Å². The second kappa shape index (κ2) is 2.74. The van der Waals surface area contributed by atoms with Gasteiger partial charge in [-0.05, 0) is 25.6 Å². The second-order valence-corrected chi connectivity index (χ2v) is 2.72. The molecule has 1 nitrogen and oxygen atoms in total. The molecule has 1 heterocycles. The van der Waals surface area contributed by atoms with Crippen LogP contribution in [0.3, 0.4) is 0 Å². The summed E-state index contributed by atoms with van der Waals surface area (Å²) >= 11 is 0. The molecule has 0 N–H and O–H groups in total. The quantitative estimate of drug-likeness (QED) is 0.533. The van der Waals surface area contributed by atoms with Gasteiger partial charge in [-0.2, -0.15) is 0 Å². The van der Waals surface area contributed by atoms with E-state index in [1.807, 2.05) is 6.20 Å². The highest BCUT2D eigenvalue weighted by molar-refractivity contribution is 5.26. The first-order valence-corrected chi connectivity index (χ1v) is 3.46. The van der Waals surface area contributed by atoms with E-state index < -0.39 is 0 Å². The van der Waals surface area contributed by atoms with Crippen molar-refractivity contribution in [3.05, 3.63) is 36.2 Å². The van der Waals surface area contributed by atoms with Crippen molar-refractivity contribution in [2.75, 3.05) is 6.54 Å². The zero-order valence-corrected chi connectivity index (χ0v) is 6.59. The average molecular weight is 135 g/mol. The van der Waals surface area contributed by atoms with E-state index in [4.69, 9.17) is 0 Å². The normalized spacial score (nSPS) is 18.0. The van der Waals surface area contributed by atoms with Crippen LogP contribution in [0.5, 0.6) is 0 Å². The SMILES string of the molecule is C=CN1C=C(C)C=C(C)C1. The Bertz CT molecular complexity index is 199. The standard InChI is InChI=1S/C9H13N/c1-4-10-6-8(2)5-9(3)7-10/h4-6H,1,7H2,2-3H3. The Morgan fingerprint density at radius 2 is 2.30 bits per heavy atom. The lowest BCUT2D eigenvalue weighted by molar-refractivity contribution is 0.540. The summed E-state index contributed by atoms with van der Waals surface area (Å²) in [5.74, 6) is 0. The Morgan fingerprint density at radius 3 is 2.80 bits per heavy atom. The molecule has 0 aromatic heterocycles. The molecule has 0 spiro atoms. The Hall–Kier alpha value is -0.980. The van der Waals surface area contributed by atoms with Gasteiger partial charge < -0.3 is 4.90 Å². The molecule has 1 aliphatic heterocycles. The van der Waals surface area contributed by atoms with E-state index in [0.29, 0.717) is 0 Å². The number of allylic oxidation sites excluding steroid dienone is 2. The molecule has 0 amide bonds. The van der Waals surface area contributed by atoms with Crippen LogP contribution in [0.2, 0.25) is 0 Å². The average Bonchev–Trinajstić information content (AvgIpc) is 1.85. The molecule has 0 saturated heterocycles. The first-order valence-electron chi connectivity index (χ1n) is 3.46. The van der Waals surface area contributed by atoms with Gasteiger partial charge in [0.05, 0.1) is 0 Å². The van der Waals surface area contributed by atoms with Gasteiger partial charge in [-0.15, -0.1) is 0 Å². The Morgan fingerprint density at radius 1 is 1.60 bits per heavy atom. The molecule has 0 aromatic rings. The van der Waals surface area contributed by atoms with Crippen molar-refractivity contribution in [1.29, 1.82) is 0 Å². The lowest BCUT2D eigenvalue weighted by Crippen LogP contribution is -2.15. The van der Waals surface area contributed by atoms with Crippen molar-refractivity contribution >= 4 is 0 Å². The molecule has 1 rings (SSSR count). The number of rotatable bonds is 1. The third kappa shape index (κ3) is 1.50. The van der Waals surface area contributed by atoms with Crippen LogP contribution >= 0.6 is 0 Å². The topological polar surface area (TPSA) is 3.24 Å². The fourth-order valence-electron chi connectivity index (χ4n) is 1.18. The zero-order valence-electron chi connectivity index (χ0n) is 6.59. The van der Waals surface area contributed by atoms with Crippen LogP contribution in [0.1, 0.15) is 13.8 Å². The maximum absolute atomic E-state index is 3.71. The first-order chi connectivity index (χ1) is 4.72. The van der Waals surface area contributed by atoms with Crippen molar-refractivity contribution in [2.24, 2.45) is 0 Å². The van der Waals surface area contributed by atoms with Crippen LogP contribution in [0.15, 0.2) is 36.2 Å². The minimum atomic E-state index is 0.987. The van der Waals surface area contributed by atoms with Crippen LogP contribution in [0, 0.1) is 0 Å². The van der Waals surface area contributed by atoms with Crippen LogP contribution in [-0.2, 0) is 0 Å². The molecule has 54 valence electrons. The van der Waals surface area contributed by atoms with Crippen molar-refractivity contribution in [3.8, 4) is 0 Å². The zero-order chi connectivity index (χ0) is 7.56. The van der Waals surface area contributed by atoms with Crippen LogP contribution in [0.4, 0.5) is 0 Å². The van der Waals surface area contributed by atoms with Crippen molar-refractivity contribution in [2.45, 2.75) is 13.8 Å². The molecule has 0 radical (unpaired) electrons. The molecular formula is C9H13N. The molecular weight excluding hydrogens is 122 g/mol. The van der Waals surface area contributed by atoms with E-state index in [1.54, 1.807) is 0 Å². The highest BCUT2D eigenvalue weighted by Crippen LogP contribution is 2.11. The molecule has 0 fully saturated rings. The van der Waals surface area contributed by atoms with Gasteiger partial charge in [-0.1, -0.05) is 18.2 Å². The van der Waals surface area contributed by atoms with Gasteiger partial charge >= 0.3 is 0 Å². The maximum atomic E-state index is 3.71. The minimum absolute atomic E-state index is 0.987. The van der Waals surface area contributed by atoms with E-state index in [1.165, 1.54) is 11.1 Å². The van der Waals surface area contributed by atoms with Crippen molar-refractivity contribution in [1.82, 2.24) is 4.90 Å². The van der Waals surface area contributed by atoms with Gasteiger partial charge in [0, 0.05) is 12.7 Å². The molecule has 0 unspecified atom stereocenters.